The Bertz CT molecular complexity index is 989. The van der Waals surface area contributed by atoms with Crippen LogP contribution in [0.5, 0.6) is 0 Å². The third kappa shape index (κ3) is 9.20. The van der Waals surface area contributed by atoms with Gasteiger partial charge < -0.3 is 24.9 Å². The Balaban J connectivity index is 2.40. The van der Waals surface area contributed by atoms with Gasteiger partial charge in [0.25, 0.3) is 0 Å². The summed E-state index contributed by atoms with van der Waals surface area (Å²) in [6, 6.07) is 6.51. The number of halogens is 9. The van der Waals surface area contributed by atoms with Crippen molar-refractivity contribution in [1.29, 1.82) is 0 Å². The van der Waals surface area contributed by atoms with Gasteiger partial charge in [-0.1, -0.05) is 18.2 Å². The third-order valence-electron chi connectivity index (χ3n) is 5.46. The number of nitrogens with one attached hydrogen (secondary N) is 1. The van der Waals surface area contributed by atoms with Crippen molar-refractivity contribution in [2.24, 2.45) is 0 Å². The van der Waals surface area contributed by atoms with E-state index in [1.54, 1.807) is 6.07 Å². The highest BCUT2D eigenvalue weighted by molar-refractivity contribution is 5.89. The number of hydrogen-bond acceptors (Lipinski definition) is 4. The highest BCUT2D eigenvalue weighted by Gasteiger charge is 2.46. The lowest BCUT2D eigenvalue weighted by Gasteiger charge is -2.35. The lowest BCUT2D eigenvalue weighted by molar-refractivity contribution is -0.191. The molecule has 9 nitrogen and oxygen atoms in total. The lowest BCUT2D eigenvalue weighted by atomic mass is 10.3. The summed E-state index contributed by atoms with van der Waals surface area (Å²) in [4.78, 5) is 49.2. The molecule has 0 atom stereocenters. The topological polar surface area (TPSA) is 93.3 Å². The summed E-state index contributed by atoms with van der Waals surface area (Å²) in [7, 11) is 0. The van der Waals surface area contributed by atoms with E-state index in [0.29, 0.717) is 0 Å². The van der Waals surface area contributed by atoms with Gasteiger partial charge in [-0.05, 0) is 12.1 Å². The lowest BCUT2D eigenvalue weighted by Crippen LogP contribution is -2.55. The Hall–Kier alpha value is -3.73. The second-order valence-corrected chi connectivity index (χ2v) is 8.15. The van der Waals surface area contributed by atoms with Crippen LogP contribution >= 0.6 is 0 Å². The first kappa shape index (κ1) is 31.5. The van der Waals surface area contributed by atoms with Gasteiger partial charge in [0.1, 0.15) is 0 Å². The number of rotatable bonds is 1. The van der Waals surface area contributed by atoms with Crippen LogP contribution in [0.3, 0.4) is 0 Å². The van der Waals surface area contributed by atoms with Gasteiger partial charge in [-0.15, -0.1) is 0 Å². The number of benzene rings is 1. The summed E-state index contributed by atoms with van der Waals surface area (Å²) in [5, 5.41) is 2.37. The van der Waals surface area contributed by atoms with Gasteiger partial charge in [0.2, 0.25) is 0 Å². The molecular formula is C21H22F9N5O4. The molecule has 0 unspecified atom stereocenters. The molecule has 1 aliphatic heterocycles. The van der Waals surface area contributed by atoms with E-state index in [4.69, 9.17) is 0 Å². The molecule has 1 aromatic rings. The van der Waals surface area contributed by atoms with Crippen molar-refractivity contribution in [2.45, 2.75) is 18.5 Å². The van der Waals surface area contributed by atoms with E-state index in [1.165, 1.54) is 24.3 Å². The number of carbonyl (C=O) groups is 4. The molecule has 0 aromatic heterocycles. The maximum Gasteiger partial charge on any atom is 0.471 e. The van der Waals surface area contributed by atoms with Crippen LogP contribution in [-0.4, -0.2) is 114 Å². The molecule has 1 aromatic carbocycles. The van der Waals surface area contributed by atoms with Crippen LogP contribution in [0.1, 0.15) is 0 Å². The van der Waals surface area contributed by atoms with Crippen molar-refractivity contribution in [1.82, 2.24) is 19.6 Å². The monoisotopic (exact) mass is 579 g/mol. The maximum atomic E-state index is 13.1. The average Bonchev–Trinajstić information content (AvgIpc) is 2.82. The Morgan fingerprint density at radius 2 is 0.795 bits per heavy atom. The summed E-state index contributed by atoms with van der Waals surface area (Å²) < 4.78 is 118. The molecule has 0 radical (unpaired) electrons. The quantitative estimate of drug-likeness (QED) is 0.518. The van der Waals surface area contributed by atoms with Crippen molar-refractivity contribution in [3.05, 3.63) is 30.3 Å². The zero-order chi connectivity index (χ0) is 29.6. The number of alkyl halides is 9. The van der Waals surface area contributed by atoms with E-state index < -0.39 is 94.6 Å². The molecule has 2 rings (SSSR count). The number of hydrogen-bond donors (Lipinski definition) is 1. The first-order valence-electron chi connectivity index (χ1n) is 11.1. The fourth-order valence-corrected chi connectivity index (χ4v) is 3.49. The summed E-state index contributed by atoms with van der Waals surface area (Å²) in [5.41, 5.74) is 0.210. The molecule has 1 heterocycles. The second-order valence-electron chi connectivity index (χ2n) is 8.15. The highest BCUT2D eigenvalue weighted by Crippen LogP contribution is 2.22. The molecule has 1 N–H and O–H groups in total. The normalized spacial score (nSPS) is 16.7. The molecule has 1 fully saturated rings. The molecule has 1 aliphatic rings. The van der Waals surface area contributed by atoms with Gasteiger partial charge in [-0.25, -0.2) is 4.79 Å². The van der Waals surface area contributed by atoms with E-state index in [-0.39, 0.29) is 20.4 Å². The second kappa shape index (κ2) is 12.4. The molecule has 218 valence electrons. The molecule has 5 amide bonds. The minimum Gasteiger partial charge on any atom is -0.331 e. The molecule has 0 spiro atoms. The SMILES string of the molecule is O=C(Nc1ccccc1)N1CCN(C(=O)C(F)(F)F)CCN(C(=O)C(F)(F)F)CCN(C(=O)C(F)(F)F)CC1. The van der Waals surface area contributed by atoms with Crippen molar-refractivity contribution < 1.29 is 58.7 Å². The van der Waals surface area contributed by atoms with E-state index in [1.807, 2.05) is 0 Å². The summed E-state index contributed by atoms with van der Waals surface area (Å²) in [6.07, 6.45) is -16.5. The number of anilines is 1. The number of amides is 5. The van der Waals surface area contributed by atoms with Crippen molar-refractivity contribution >= 4 is 29.4 Å². The number of nitrogens with zero attached hydrogens (tertiary/aromatic N) is 4. The van der Waals surface area contributed by atoms with Crippen LogP contribution in [0.2, 0.25) is 0 Å². The molecule has 39 heavy (non-hydrogen) atoms. The van der Waals surface area contributed by atoms with Crippen LogP contribution in [0.15, 0.2) is 30.3 Å². The standard InChI is InChI=1S/C21H22F9N5O4/c22-19(23,24)15(36)32-6-8-33(16(37)20(25,26)27)10-12-35(18(39)31-14-4-2-1-3-5-14)13-11-34(9-7-32)17(38)21(28,29)30/h1-5H,6-13H2,(H,31,39). The molecule has 1 saturated heterocycles. The van der Waals surface area contributed by atoms with Crippen molar-refractivity contribution in [3.63, 3.8) is 0 Å². The largest absolute Gasteiger partial charge is 0.471 e. The van der Waals surface area contributed by atoms with Crippen LogP contribution in [0.4, 0.5) is 50.0 Å². The Morgan fingerprint density at radius 1 is 0.513 bits per heavy atom. The van der Waals surface area contributed by atoms with Gasteiger partial charge in [0.05, 0.1) is 0 Å². The predicted octanol–water partition coefficient (Wildman–Crippen LogP) is 2.71. The van der Waals surface area contributed by atoms with Crippen LogP contribution < -0.4 is 5.32 Å². The minimum atomic E-state index is -5.54. The van der Waals surface area contributed by atoms with Gasteiger partial charge >= 0.3 is 42.3 Å². The Morgan fingerprint density at radius 3 is 1.08 bits per heavy atom. The van der Waals surface area contributed by atoms with Crippen molar-refractivity contribution in [2.75, 3.05) is 57.7 Å². The minimum absolute atomic E-state index is 0.0830. The van der Waals surface area contributed by atoms with Gasteiger partial charge in [0, 0.05) is 58.0 Å². The van der Waals surface area contributed by atoms with E-state index >= 15 is 0 Å². The predicted molar refractivity (Wildman–Crippen MR) is 115 cm³/mol. The van der Waals surface area contributed by atoms with E-state index in [9.17, 15) is 58.7 Å². The number of carbonyl (C=O) groups excluding carboxylic acids is 4. The number of urea groups is 1. The van der Waals surface area contributed by atoms with Crippen molar-refractivity contribution in [3.8, 4) is 0 Å². The first-order chi connectivity index (χ1) is 17.9. The Labute approximate surface area is 215 Å². The number of para-hydroxylation sites is 1. The molecule has 0 saturated carbocycles. The zero-order valence-electron chi connectivity index (χ0n) is 19.9. The van der Waals surface area contributed by atoms with E-state index in [0.717, 1.165) is 4.90 Å². The van der Waals surface area contributed by atoms with Crippen LogP contribution in [-0.2, 0) is 14.4 Å². The highest BCUT2D eigenvalue weighted by atomic mass is 19.4. The fraction of sp³-hybridized carbons (Fsp3) is 0.524. The summed E-state index contributed by atoms with van der Waals surface area (Å²) >= 11 is 0. The summed E-state index contributed by atoms with van der Waals surface area (Å²) in [6.45, 7) is -7.70. The molecular weight excluding hydrogens is 557 g/mol. The molecule has 18 heteroatoms. The molecule has 0 aliphatic carbocycles. The summed E-state index contributed by atoms with van der Waals surface area (Å²) in [5.74, 6) is -7.50. The smallest absolute Gasteiger partial charge is 0.331 e. The van der Waals surface area contributed by atoms with Gasteiger partial charge in [-0.3, -0.25) is 14.4 Å². The van der Waals surface area contributed by atoms with Crippen LogP contribution in [0, 0.1) is 0 Å². The van der Waals surface area contributed by atoms with E-state index in [2.05, 4.69) is 5.32 Å². The average molecular weight is 579 g/mol. The van der Waals surface area contributed by atoms with Crippen LogP contribution in [0.25, 0.3) is 0 Å². The Kier molecular flexibility index (Phi) is 10.0. The fourth-order valence-electron chi connectivity index (χ4n) is 3.49. The van der Waals surface area contributed by atoms with Gasteiger partial charge in [0.15, 0.2) is 0 Å². The molecule has 0 bridgehead atoms. The zero-order valence-corrected chi connectivity index (χ0v) is 19.9. The van der Waals surface area contributed by atoms with Gasteiger partial charge in [-0.2, -0.15) is 39.5 Å². The third-order valence-corrected chi connectivity index (χ3v) is 5.46. The first-order valence-corrected chi connectivity index (χ1v) is 11.1. The maximum absolute atomic E-state index is 13.1.